The Bertz CT molecular complexity index is 1060. The molecule has 130 valence electrons. The molecule has 0 atom stereocenters. The van der Waals surface area contributed by atoms with Gasteiger partial charge < -0.3 is 4.98 Å². The maximum Gasteiger partial charge on any atom is 0.246 e. The van der Waals surface area contributed by atoms with E-state index < -0.39 is 9.84 Å². The van der Waals surface area contributed by atoms with Crippen LogP contribution in [-0.4, -0.2) is 41.1 Å². The van der Waals surface area contributed by atoms with E-state index in [2.05, 4.69) is 45.0 Å². The molecule has 0 radical (unpaired) electrons. The number of aryl methyl sites for hydroxylation is 1. The average Bonchev–Trinajstić information content (AvgIpc) is 2.89. The van der Waals surface area contributed by atoms with Gasteiger partial charge >= 0.3 is 0 Å². The molecule has 7 heteroatoms. The van der Waals surface area contributed by atoms with Crippen molar-refractivity contribution in [2.45, 2.75) is 31.6 Å². The molecule has 3 heterocycles. The van der Waals surface area contributed by atoms with Crippen LogP contribution in [-0.2, 0) is 29.3 Å². The normalized spacial score (nSPS) is 15.4. The highest BCUT2D eigenvalue weighted by Gasteiger charge is 2.22. The Morgan fingerprint density at radius 1 is 1.28 bits per heavy atom. The van der Waals surface area contributed by atoms with Gasteiger partial charge in [-0.2, -0.15) is 0 Å². The molecule has 0 unspecified atom stereocenters. The Labute approximate surface area is 146 Å². The standard InChI is InChI=1S/C18H20N4O2S/c1-12-15(14-5-3-4-6-17(14)20-12)11-22-8-7-16-13(10-22)9-19-18(21-16)25(2,23)24/h3-6,9,20H,7-8,10-11H2,1-2H3. The minimum Gasteiger partial charge on any atom is -0.358 e. The van der Waals surface area contributed by atoms with Crippen molar-refractivity contribution in [2.75, 3.05) is 12.8 Å². The maximum absolute atomic E-state index is 11.6. The van der Waals surface area contributed by atoms with E-state index in [1.54, 1.807) is 6.20 Å². The van der Waals surface area contributed by atoms with Crippen LogP contribution < -0.4 is 0 Å². The summed E-state index contributed by atoms with van der Waals surface area (Å²) in [6.45, 7) is 4.54. The summed E-state index contributed by atoms with van der Waals surface area (Å²) in [4.78, 5) is 14.1. The van der Waals surface area contributed by atoms with Gasteiger partial charge in [0, 0.05) is 60.7 Å². The monoisotopic (exact) mass is 356 g/mol. The molecule has 1 aromatic carbocycles. The molecule has 6 nitrogen and oxygen atoms in total. The predicted octanol–water partition coefficient (Wildman–Crippen LogP) is 2.23. The number of hydrogen-bond donors (Lipinski definition) is 1. The molecule has 25 heavy (non-hydrogen) atoms. The average molecular weight is 356 g/mol. The second-order valence-electron chi connectivity index (χ2n) is 6.63. The molecule has 1 aliphatic rings. The van der Waals surface area contributed by atoms with E-state index in [0.717, 1.165) is 49.1 Å². The summed E-state index contributed by atoms with van der Waals surface area (Å²) >= 11 is 0. The lowest BCUT2D eigenvalue weighted by Crippen LogP contribution is -2.31. The number of benzene rings is 1. The molecule has 4 rings (SSSR count). The molecule has 0 amide bonds. The predicted molar refractivity (Wildman–Crippen MR) is 96.0 cm³/mol. The van der Waals surface area contributed by atoms with Gasteiger partial charge in [-0.3, -0.25) is 4.90 Å². The Morgan fingerprint density at radius 2 is 2.08 bits per heavy atom. The first-order valence-electron chi connectivity index (χ1n) is 8.25. The lowest BCUT2D eigenvalue weighted by Gasteiger charge is -2.28. The fourth-order valence-corrected chi connectivity index (χ4v) is 3.95. The van der Waals surface area contributed by atoms with Gasteiger partial charge in [-0.25, -0.2) is 18.4 Å². The molecule has 0 saturated carbocycles. The number of sulfone groups is 1. The molecule has 0 saturated heterocycles. The van der Waals surface area contributed by atoms with Crippen molar-refractivity contribution < 1.29 is 8.42 Å². The molecule has 0 aliphatic carbocycles. The van der Waals surface area contributed by atoms with Crippen molar-refractivity contribution in [3.05, 3.63) is 53.0 Å². The van der Waals surface area contributed by atoms with Crippen LogP contribution in [0.1, 0.15) is 22.5 Å². The van der Waals surface area contributed by atoms with Gasteiger partial charge in [0.2, 0.25) is 15.0 Å². The number of nitrogens with zero attached hydrogens (tertiary/aromatic N) is 3. The molecule has 0 spiro atoms. The van der Waals surface area contributed by atoms with Crippen LogP contribution in [0.4, 0.5) is 0 Å². The SMILES string of the molecule is Cc1[nH]c2ccccc2c1CN1CCc2nc(S(C)(=O)=O)ncc2C1. The fraction of sp³-hybridized carbons (Fsp3) is 0.333. The second-order valence-corrected chi connectivity index (χ2v) is 8.54. The number of aromatic amines is 1. The van der Waals surface area contributed by atoms with Gasteiger partial charge in [0.15, 0.2) is 0 Å². The molecule has 2 aromatic heterocycles. The van der Waals surface area contributed by atoms with Crippen LogP contribution in [0.2, 0.25) is 0 Å². The third-order valence-electron chi connectivity index (χ3n) is 4.73. The highest BCUT2D eigenvalue weighted by molar-refractivity contribution is 7.90. The van der Waals surface area contributed by atoms with Gasteiger partial charge in [-0.1, -0.05) is 18.2 Å². The summed E-state index contributed by atoms with van der Waals surface area (Å²) in [5, 5.41) is 1.18. The molecule has 3 aromatic rings. The van der Waals surface area contributed by atoms with E-state index in [0.29, 0.717) is 0 Å². The van der Waals surface area contributed by atoms with Gasteiger partial charge in [0.25, 0.3) is 0 Å². The van der Waals surface area contributed by atoms with Crippen molar-refractivity contribution in [3.63, 3.8) is 0 Å². The topological polar surface area (TPSA) is 79.0 Å². The molecule has 1 aliphatic heterocycles. The third-order valence-corrected chi connectivity index (χ3v) is 5.59. The number of hydrogen-bond acceptors (Lipinski definition) is 5. The fourth-order valence-electron chi connectivity index (χ4n) is 3.43. The van der Waals surface area contributed by atoms with Crippen LogP contribution in [0.5, 0.6) is 0 Å². The minimum absolute atomic E-state index is 0.0767. The second kappa shape index (κ2) is 5.93. The zero-order valence-electron chi connectivity index (χ0n) is 14.3. The number of rotatable bonds is 3. The quantitative estimate of drug-likeness (QED) is 0.728. The Kier molecular flexibility index (Phi) is 3.85. The van der Waals surface area contributed by atoms with E-state index >= 15 is 0 Å². The van der Waals surface area contributed by atoms with Gasteiger partial charge in [-0.15, -0.1) is 0 Å². The smallest absolute Gasteiger partial charge is 0.246 e. The lowest BCUT2D eigenvalue weighted by atomic mass is 10.1. The van der Waals surface area contributed by atoms with Gasteiger partial charge in [0.05, 0.1) is 5.69 Å². The number of aromatic nitrogens is 3. The highest BCUT2D eigenvalue weighted by atomic mass is 32.2. The first-order chi connectivity index (χ1) is 11.9. The van der Waals surface area contributed by atoms with Crippen molar-refractivity contribution in [1.29, 1.82) is 0 Å². The van der Waals surface area contributed by atoms with E-state index in [9.17, 15) is 8.42 Å². The summed E-state index contributed by atoms with van der Waals surface area (Å²) < 4.78 is 23.2. The molecule has 1 N–H and O–H groups in total. The van der Waals surface area contributed by atoms with Crippen molar-refractivity contribution in [2.24, 2.45) is 0 Å². The summed E-state index contributed by atoms with van der Waals surface area (Å²) in [7, 11) is -3.36. The summed E-state index contributed by atoms with van der Waals surface area (Å²) in [6, 6.07) is 8.34. The zero-order chi connectivity index (χ0) is 17.6. The lowest BCUT2D eigenvalue weighted by molar-refractivity contribution is 0.242. The van der Waals surface area contributed by atoms with Crippen LogP contribution in [0, 0.1) is 6.92 Å². The molecular weight excluding hydrogens is 336 g/mol. The summed E-state index contributed by atoms with van der Waals surface area (Å²) in [5.41, 5.74) is 5.52. The van der Waals surface area contributed by atoms with E-state index in [1.165, 1.54) is 16.6 Å². The molecule has 0 fully saturated rings. The van der Waals surface area contributed by atoms with Crippen LogP contribution in [0.3, 0.4) is 0 Å². The van der Waals surface area contributed by atoms with Crippen LogP contribution in [0.25, 0.3) is 10.9 Å². The summed E-state index contributed by atoms with van der Waals surface area (Å²) in [5.74, 6) is 0. The number of nitrogens with one attached hydrogen (secondary N) is 1. The van der Waals surface area contributed by atoms with Crippen molar-refractivity contribution in [3.8, 4) is 0 Å². The Hall–Kier alpha value is -2.25. The van der Waals surface area contributed by atoms with E-state index in [1.807, 2.05) is 6.07 Å². The number of H-pyrrole nitrogens is 1. The number of para-hydroxylation sites is 1. The largest absolute Gasteiger partial charge is 0.358 e. The minimum atomic E-state index is -3.36. The highest BCUT2D eigenvalue weighted by Crippen LogP contribution is 2.26. The van der Waals surface area contributed by atoms with Crippen LogP contribution in [0.15, 0.2) is 35.6 Å². The third kappa shape index (κ3) is 3.05. The maximum atomic E-state index is 11.6. The van der Waals surface area contributed by atoms with Crippen molar-refractivity contribution in [1.82, 2.24) is 19.9 Å². The molecular formula is C18H20N4O2S. The summed E-state index contributed by atoms with van der Waals surface area (Å²) in [6.07, 6.45) is 3.54. The van der Waals surface area contributed by atoms with Gasteiger partial charge in [-0.05, 0) is 18.6 Å². The Balaban J connectivity index is 1.59. The van der Waals surface area contributed by atoms with E-state index in [4.69, 9.17) is 0 Å². The van der Waals surface area contributed by atoms with E-state index in [-0.39, 0.29) is 5.16 Å². The van der Waals surface area contributed by atoms with Crippen LogP contribution >= 0.6 is 0 Å². The zero-order valence-corrected chi connectivity index (χ0v) is 15.1. The first-order valence-corrected chi connectivity index (χ1v) is 10.1. The van der Waals surface area contributed by atoms with Gasteiger partial charge in [0.1, 0.15) is 0 Å². The number of fused-ring (bicyclic) bond motifs is 2. The Morgan fingerprint density at radius 3 is 2.88 bits per heavy atom. The molecule has 0 bridgehead atoms. The first kappa shape index (κ1) is 16.2. The van der Waals surface area contributed by atoms with Crippen molar-refractivity contribution >= 4 is 20.7 Å².